The van der Waals surface area contributed by atoms with Gasteiger partial charge in [0.15, 0.2) is 5.82 Å². The summed E-state index contributed by atoms with van der Waals surface area (Å²) < 4.78 is 4.93. The molecule has 0 atom stereocenters. The normalized spacial score (nSPS) is 19.5. The molecule has 0 saturated carbocycles. The Morgan fingerprint density at radius 3 is 3.14 bits per heavy atom. The Bertz CT molecular complexity index is 278. The fraction of sp³-hybridized carbons (Fsp3) is 0.778. The number of aryl methyl sites for hydroxylation is 1. The van der Waals surface area contributed by atoms with E-state index in [4.69, 9.17) is 4.52 Å². The lowest BCUT2D eigenvalue weighted by Gasteiger charge is -2.16. The first-order chi connectivity index (χ1) is 6.84. The van der Waals surface area contributed by atoms with Crippen molar-refractivity contribution in [2.24, 2.45) is 0 Å². The molecule has 1 saturated heterocycles. The van der Waals surface area contributed by atoms with Gasteiger partial charge in [0.25, 0.3) is 0 Å². The van der Waals surface area contributed by atoms with Gasteiger partial charge in [0.2, 0.25) is 5.89 Å². The molecule has 1 N–H and O–H groups in total. The van der Waals surface area contributed by atoms with Gasteiger partial charge in [-0.3, -0.25) is 4.90 Å². The average Bonchev–Trinajstić information content (AvgIpc) is 2.43. The molecule has 0 amide bonds. The molecule has 1 fully saturated rings. The summed E-state index contributed by atoms with van der Waals surface area (Å²) in [5, 5.41) is 7.25. The number of nitrogens with one attached hydrogen (secondary N) is 1. The lowest BCUT2D eigenvalue weighted by atomic mass is 10.4. The summed E-state index contributed by atoms with van der Waals surface area (Å²) in [4.78, 5) is 6.55. The topological polar surface area (TPSA) is 54.2 Å². The molecule has 2 heterocycles. The van der Waals surface area contributed by atoms with Gasteiger partial charge in [-0.1, -0.05) is 5.16 Å². The molecular formula is C9H16N4O. The Labute approximate surface area is 83.5 Å². The third kappa shape index (κ3) is 2.52. The highest BCUT2D eigenvalue weighted by Crippen LogP contribution is 2.02. The SMILES string of the molecule is Cc1nc(CN2CCCNCC2)no1. The van der Waals surface area contributed by atoms with E-state index in [1.165, 1.54) is 6.42 Å². The van der Waals surface area contributed by atoms with Crippen LogP contribution in [0.4, 0.5) is 0 Å². The van der Waals surface area contributed by atoms with Gasteiger partial charge in [-0.2, -0.15) is 4.98 Å². The molecule has 78 valence electrons. The second kappa shape index (κ2) is 4.52. The molecule has 1 aromatic rings. The first kappa shape index (κ1) is 9.61. The van der Waals surface area contributed by atoms with Crippen molar-refractivity contribution in [3.05, 3.63) is 11.7 Å². The highest BCUT2D eigenvalue weighted by atomic mass is 16.5. The van der Waals surface area contributed by atoms with Crippen LogP contribution in [-0.4, -0.2) is 41.2 Å². The first-order valence-corrected chi connectivity index (χ1v) is 5.07. The van der Waals surface area contributed by atoms with Gasteiger partial charge in [-0.05, 0) is 19.5 Å². The Kier molecular flexibility index (Phi) is 3.10. The molecule has 0 radical (unpaired) electrons. The molecule has 0 aromatic carbocycles. The minimum Gasteiger partial charge on any atom is -0.340 e. The van der Waals surface area contributed by atoms with E-state index in [0.29, 0.717) is 5.89 Å². The average molecular weight is 196 g/mol. The maximum atomic E-state index is 4.93. The highest BCUT2D eigenvalue weighted by Gasteiger charge is 2.11. The molecule has 1 aromatic heterocycles. The van der Waals surface area contributed by atoms with E-state index in [1.54, 1.807) is 0 Å². The molecule has 5 nitrogen and oxygen atoms in total. The third-order valence-corrected chi connectivity index (χ3v) is 2.37. The molecule has 1 aliphatic rings. The van der Waals surface area contributed by atoms with Gasteiger partial charge in [-0.25, -0.2) is 0 Å². The van der Waals surface area contributed by atoms with Crippen molar-refractivity contribution in [1.29, 1.82) is 0 Å². The monoisotopic (exact) mass is 196 g/mol. The standard InChI is InChI=1S/C9H16N4O/c1-8-11-9(12-14-8)7-13-5-2-3-10-4-6-13/h10H,2-7H2,1H3. The number of rotatable bonds is 2. The van der Waals surface area contributed by atoms with Crippen molar-refractivity contribution < 1.29 is 4.52 Å². The predicted octanol–water partition coefficient (Wildman–Crippen LogP) is 0.173. The van der Waals surface area contributed by atoms with Gasteiger partial charge in [-0.15, -0.1) is 0 Å². The van der Waals surface area contributed by atoms with Crippen LogP contribution in [0.3, 0.4) is 0 Å². The van der Waals surface area contributed by atoms with Crippen molar-refractivity contribution in [2.45, 2.75) is 19.9 Å². The molecule has 0 aliphatic carbocycles. The van der Waals surface area contributed by atoms with Crippen molar-refractivity contribution in [3.63, 3.8) is 0 Å². The minimum atomic E-state index is 0.646. The van der Waals surface area contributed by atoms with Crippen LogP contribution >= 0.6 is 0 Å². The smallest absolute Gasteiger partial charge is 0.223 e. The molecule has 0 unspecified atom stereocenters. The van der Waals surface area contributed by atoms with E-state index in [0.717, 1.165) is 38.5 Å². The van der Waals surface area contributed by atoms with E-state index in [1.807, 2.05) is 6.92 Å². The van der Waals surface area contributed by atoms with Gasteiger partial charge in [0.05, 0.1) is 6.54 Å². The zero-order valence-electron chi connectivity index (χ0n) is 8.49. The summed E-state index contributed by atoms with van der Waals surface area (Å²) in [6.45, 7) is 6.96. The Balaban J connectivity index is 1.89. The van der Waals surface area contributed by atoms with Crippen LogP contribution in [-0.2, 0) is 6.54 Å². The summed E-state index contributed by atoms with van der Waals surface area (Å²) in [6.07, 6.45) is 1.19. The Morgan fingerprint density at radius 2 is 2.36 bits per heavy atom. The number of nitrogens with zero attached hydrogens (tertiary/aromatic N) is 3. The lowest BCUT2D eigenvalue weighted by Crippen LogP contribution is -2.28. The van der Waals surface area contributed by atoms with Crippen LogP contribution in [0.1, 0.15) is 18.1 Å². The quantitative estimate of drug-likeness (QED) is 0.731. The van der Waals surface area contributed by atoms with Crippen molar-refractivity contribution in [1.82, 2.24) is 20.4 Å². The van der Waals surface area contributed by atoms with Crippen LogP contribution in [0.5, 0.6) is 0 Å². The molecule has 0 spiro atoms. The van der Waals surface area contributed by atoms with Crippen LogP contribution in [0, 0.1) is 6.92 Å². The third-order valence-electron chi connectivity index (χ3n) is 2.37. The number of hydrogen-bond donors (Lipinski definition) is 1. The molecule has 0 bridgehead atoms. The van der Waals surface area contributed by atoms with Gasteiger partial charge in [0, 0.05) is 20.0 Å². The van der Waals surface area contributed by atoms with Crippen LogP contribution in [0.15, 0.2) is 4.52 Å². The van der Waals surface area contributed by atoms with Crippen molar-refractivity contribution >= 4 is 0 Å². The number of aromatic nitrogens is 2. The van der Waals surface area contributed by atoms with Crippen LogP contribution < -0.4 is 5.32 Å². The van der Waals surface area contributed by atoms with E-state index in [-0.39, 0.29) is 0 Å². The van der Waals surface area contributed by atoms with Gasteiger partial charge in [0.1, 0.15) is 0 Å². The summed E-state index contributed by atoms with van der Waals surface area (Å²) in [5.74, 6) is 1.44. The van der Waals surface area contributed by atoms with Crippen molar-refractivity contribution in [3.8, 4) is 0 Å². The van der Waals surface area contributed by atoms with E-state index in [9.17, 15) is 0 Å². The number of hydrogen-bond acceptors (Lipinski definition) is 5. The van der Waals surface area contributed by atoms with E-state index < -0.39 is 0 Å². The molecule has 1 aliphatic heterocycles. The predicted molar refractivity (Wildman–Crippen MR) is 51.8 cm³/mol. The van der Waals surface area contributed by atoms with E-state index >= 15 is 0 Å². The largest absolute Gasteiger partial charge is 0.340 e. The minimum absolute atomic E-state index is 0.646. The second-order valence-electron chi connectivity index (χ2n) is 3.61. The first-order valence-electron chi connectivity index (χ1n) is 5.07. The molecule has 2 rings (SSSR count). The molecular weight excluding hydrogens is 180 g/mol. The lowest BCUT2D eigenvalue weighted by molar-refractivity contribution is 0.271. The second-order valence-corrected chi connectivity index (χ2v) is 3.61. The van der Waals surface area contributed by atoms with Crippen LogP contribution in [0.25, 0.3) is 0 Å². The molecule has 5 heteroatoms. The zero-order valence-corrected chi connectivity index (χ0v) is 8.49. The van der Waals surface area contributed by atoms with Gasteiger partial charge < -0.3 is 9.84 Å². The highest BCUT2D eigenvalue weighted by molar-refractivity contribution is 4.84. The van der Waals surface area contributed by atoms with Gasteiger partial charge >= 0.3 is 0 Å². The summed E-state index contributed by atoms with van der Waals surface area (Å²) >= 11 is 0. The molecule has 14 heavy (non-hydrogen) atoms. The van der Waals surface area contributed by atoms with Crippen molar-refractivity contribution in [2.75, 3.05) is 26.2 Å². The summed E-state index contributed by atoms with van der Waals surface area (Å²) in [5.41, 5.74) is 0. The van der Waals surface area contributed by atoms with Crippen LogP contribution in [0.2, 0.25) is 0 Å². The zero-order chi connectivity index (χ0) is 9.80. The van der Waals surface area contributed by atoms with E-state index in [2.05, 4.69) is 20.4 Å². The summed E-state index contributed by atoms with van der Waals surface area (Å²) in [7, 11) is 0. The Morgan fingerprint density at radius 1 is 1.43 bits per heavy atom. The maximum absolute atomic E-state index is 4.93. The summed E-state index contributed by atoms with van der Waals surface area (Å²) in [6, 6.07) is 0. The fourth-order valence-electron chi connectivity index (χ4n) is 1.67. The maximum Gasteiger partial charge on any atom is 0.223 e. The fourth-order valence-corrected chi connectivity index (χ4v) is 1.67. The Hall–Kier alpha value is -0.940.